The smallest absolute Gasteiger partial charge is 0.353 e. The monoisotopic (exact) mass is 260 g/mol. The number of H-pyrrole nitrogens is 1. The van der Waals surface area contributed by atoms with Gasteiger partial charge in [0.2, 0.25) is 0 Å². The highest BCUT2D eigenvalue weighted by Gasteiger charge is 2.09. The maximum Gasteiger partial charge on any atom is 0.353 e. The molecule has 2 rings (SSSR count). The second kappa shape index (κ2) is 5.67. The molecular formula is C14H16N2O3. The van der Waals surface area contributed by atoms with Crippen molar-refractivity contribution in [2.75, 3.05) is 7.11 Å². The highest BCUT2D eigenvalue weighted by Crippen LogP contribution is 2.19. The van der Waals surface area contributed by atoms with Crippen LogP contribution in [0.2, 0.25) is 0 Å². The van der Waals surface area contributed by atoms with Crippen LogP contribution in [0.4, 0.5) is 0 Å². The van der Waals surface area contributed by atoms with Crippen molar-refractivity contribution in [3.05, 3.63) is 41.6 Å². The molecule has 0 aliphatic heterocycles. The Balaban J connectivity index is 2.15. The van der Waals surface area contributed by atoms with Gasteiger partial charge < -0.3 is 9.84 Å². The minimum atomic E-state index is -1.01. The molecule has 1 aromatic heterocycles. The minimum absolute atomic E-state index is 0.0899. The lowest BCUT2D eigenvalue weighted by Gasteiger charge is -2.09. The summed E-state index contributed by atoms with van der Waals surface area (Å²) in [7, 11) is 1.69. The number of benzene rings is 1. The van der Waals surface area contributed by atoms with E-state index in [4.69, 9.17) is 9.84 Å². The Morgan fingerprint density at radius 2 is 2.11 bits per heavy atom. The third kappa shape index (κ3) is 3.20. The molecule has 0 aliphatic rings. The van der Waals surface area contributed by atoms with E-state index in [9.17, 15) is 4.79 Å². The van der Waals surface area contributed by atoms with E-state index in [1.54, 1.807) is 7.11 Å². The molecule has 100 valence electrons. The van der Waals surface area contributed by atoms with Crippen LogP contribution in [0.5, 0.6) is 0 Å². The van der Waals surface area contributed by atoms with Gasteiger partial charge in [-0.05, 0) is 25.0 Å². The van der Waals surface area contributed by atoms with Gasteiger partial charge in [0.15, 0.2) is 0 Å². The van der Waals surface area contributed by atoms with E-state index < -0.39 is 5.97 Å². The fraction of sp³-hybridized carbons (Fsp3) is 0.286. The zero-order valence-corrected chi connectivity index (χ0v) is 10.9. The summed E-state index contributed by atoms with van der Waals surface area (Å²) in [5, 5.41) is 15.3. The summed E-state index contributed by atoms with van der Waals surface area (Å²) in [6.07, 6.45) is 1.02. The molecule has 0 fully saturated rings. The third-order valence-corrected chi connectivity index (χ3v) is 2.98. The van der Waals surface area contributed by atoms with E-state index in [-0.39, 0.29) is 11.8 Å². The van der Waals surface area contributed by atoms with Crippen molar-refractivity contribution >= 4 is 5.97 Å². The number of rotatable bonds is 5. The van der Waals surface area contributed by atoms with Gasteiger partial charge in [0.1, 0.15) is 5.69 Å². The summed E-state index contributed by atoms with van der Waals surface area (Å²) in [4.78, 5) is 10.8. The fourth-order valence-electron chi connectivity index (χ4n) is 1.81. The number of aromatic nitrogens is 2. The summed E-state index contributed by atoms with van der Waals surface area (Å²) in [5.41, 5.74) is 2.78. The first-order valence-electron chi connectivity index (χ1n) is 6.01. The van der Waals surface area contributed by atoms with Gasteiger partial charge >= 0.3 is 5.97 Å². The SMILES string of the molecule is COC(C)Cc1ccc(-c2cc(C(=O)O)[nH]n2)cc1. The summed E-state index contributed by atoms with van der Waals surface area (Å²) < 4.78 is 5.22. The average Bonchev–Trinajstić information content (AvgIpc) is 2.89. The first-order chi connectivity index (χ1) is 9.10. The number of carboxylic acids is 1. The Kier molecular flexibility index (Phi) is 3.97. The van der Waals surface area contributed by atoms with Gasteiger partial charge in [-0.2, -0.15) is 5.10 Å². The van der Waals surface area contributed by atoms with Gasteiger partial charge in [-0.25, -0.2) is 4.79 Å². The third-order valence-electron chi connectivity index (χ3n) is 2.98. The highest BCUT2D eigenvalue weighted by molar-refractivity contribution is 5.86. The molecule has 0 saturated heterocycles. The first-order valence-corrected chi connectivity index (χ1v) is 6.01. The van der Waals surface area contributed by atoms with Gasteiger partial charge in [-0.3, -0.25) is 5.10 Å². The Labute approximate surface area is 111 Å². The molecule has 0 aliphatic carbocycles. The number of ether oxygens (including phenoxy) is 1. The zero-order valence-electron chi connectivity index (χ0n) is 10.9. The molecule has 2 aromatic rings. The number of carboxylic acid groups (broad SMARTS) is 1. The van der Waals surface area contributed by atoms with E-state index in [0.29, 0.717) is 5.69 Å². The molecular weight excluding hydrogens is 244 g/mol. The molecule has 0 saturated carbocycles. The molecule has 0 radical (unpaired) electrons. The van der Waals surface area contributed by atoms with Crippen LogP contribution in [0.1, 0.15) is 23.0 Å². The van der Waals surface area contributed by atoms with Gasteiger partial charge in [-0.1, -0.05) is 24.3 Å². The number of methoxy groups -OCH3 is 1. The molecule has 2 N–H and O–H groups in total. The van der Waals surface area contributed by atoms with Crippen LogP contribution in [-0.2, 0) is 11.2 Å². The van der Waals surface area contributed by atoms with E-state index in [1.165, 1.54) is 11.6 Å². The van der Waals surface area contributed by atoms with Crippen molar-refractivity contribution < 1.29 is 14.6 Å². The molecule has 1 heterocycles. The summed E-state index contributed by atoms with van der Waals surface area (Å²) in [5.74, 6) is -1.01. The van der Waals surface area contributed by atoms with Gasteiger partial charge in [0.25, 0.3) is 0 Å². The van der Waals surface area contributed by atoms with E-state index >= 15 is 0 Å². The van der Waals surface area contributed by atoms with E-state index in [0.717, 1.165) is 12.0 Å². The maximum absolute atomic E-state index is 10.8. The van der Waals surface area contributed by atoms with Crippen LogP contribution in [0.25, 0.3) is 11.3 Å². The molecule has 0 amide bonds. The van der Waals surface area contributed by atoms with Crippen LogP contribution in [-0.4, -0.2) is 34.5 Å². The van der Waals surface area contributed by atoms with Crippen molar-refractivity contribution in [2.24, 2.45) is 0 Å². The number of nitrogens with zero attached hydrogens (tertiary/aromatic N) is 1. The largest absolute Gasteiger partial charge is 0.477 e. The van der Waals surface area contributed by atoms with E-state index in [2.05, 4.69) is 10.2 Å². The van der Waals surface area contributed by atoms with Gasteiger partial charge in [0.05, 0.1) is 11.8 Å². The van der Waals surface area contributed by atoms with Crippen molar-refractivity contribution in [2.45, 2.75) is 19.4 Å². The fourth-order valence-corrected chi connectivity index (χ4v) is 1.81. The van der Waals surface area contributed by atoms with Crippen LogP contribution < -0.4 is 0 Å². The van der Waals surface area contributed by atoms with Crippen LogP contribution >= 0.6 is 0 Å². The Morgan fingerprint density at radius 3 is 2.63 bits per heavy atom. The predicted octanol–water partition coefficient (Wildman–Crippen LogP) is 2.35. The first kappa shape index (κ1) is 13.3. The van der Waals surface area contributed by atoms with Gasteiger partial charge in [0, 0.05) is 12.7 Å². The lowest BCUT2D eigenvalue weighted by atomic mass is 10.0. The molecule has 1 unspecified atom stereocenters. The Hall–Kier alpha value is -2.14. The van der Waals surface area contributed by atoms with Crippen molar-refractivity contribution in [1.82, 2.24) is 10.2 Å². The maximum atomic E-state index is 10.8. The van der Waals surface area contributed by atoms with E-state index in [1.807, 2.05) is 31.2 Å². The summed E-state index contributed by atoms with van der Waals surface area (Å²) in [6.45, 7) is 2.01. The molecule has 0 bridgehead atoms. The molecule has 5 heteroatoms. The van der Waals surface area contributed by atoms with Crippen LogP contribution in [0.3, 0.4) is 0 Å². The number of nitrogens with one attached hydrogen (secondary N) is 1. The minimum Gasteiger partial charge on any atom is -0.477 e. The second-order valence-electron chi connectivity index (χ2n) is 4.42. The number of aromatic amines is 1. The topological polar surface area (TPSA) is 75.2 Å². The highest BCUT2D eigenvalue weighted by atomic mass is 16.5. The van der Waals surface area contributed by atoms with Gasteiger partial charge in [-0.15, -0.1) is 0 Å². The van der Waals surface area contributed by atoms with Crippen molar-refractivity contribution in [3.63, 3.8) is 0 Å². The molecule has 1 aromatic carbocycles. The number of aromatic carboxylic acids is 1. The molecule has 0 spiro atoms. The summed E-state index contributed by atoms with van der Waals surface area (Å²) in [6, 6.07) is 9.38. The normalized spacial score (nSPS) is 12.3. The number of carbonyl (C=O) groups is 1. The number of hydrogen-bond donors (Lipinski definition) is 2. The standard InChI is InChI=1S/C14H16N2O3/c1-9(19-2)7-10-3-5-11(6-4-10)12-8-13(14(17)18)16-15-12/h3-6,8-9H,7H2,1-2H3,(H,15,16)(H,17,18). The van der Waals surface area contributed by atoms with Crippen LogP contribution in [0.15, 0.2) is 30.3 Å². The lowest BCUT2D eigenvalue weighted by molar-refractivity contribution is 0.0690. The quantitative estimate of drug-likeness (QED) is 0.865. The zero-order chi connectivity index (χ0) is 13.8. The molecule has 19 heavy (non-hydrogen) atoms. The average molecular weight is 260 g/mol. The van der Waals surface area contributed by atoms with Crippen LogP contribution in [0, 0.1) is 0 Å². The second-order valence-corrected chi connectivity index (χ2v) is 4.42. The number of hydrogen-bond acceptors (Lipinski definition) is 3. The Bertz CT molecular complexity index is 560. The van der Waals surface area contributed by atoms with Crippen molar-refractivity contribution in [3.8, 4) is 11.3 Å². The lowest BCUT2D eigenvalue weighted by Crippen LogP contribution is -2.08. The van der Waals surface area contributed by atoms with Crippen molar-refractivity contribution in [1.29, 1.82) is 0 Å². The molecule has 1 atom stereocenters. The summed E-state index contributed by atoms with van der Waals surface area (Å²) >= 11 is 0. The Morgan fingerprint density at radius 1 is 1.42 bits per heavy atom. The molecule has 5 nitrogen and oxygen atoms in total. The predicted molar refractivity (Wildman–Crippen MR) is 71.2 cm³/mol.